The number of fused-ring (bicyclic) bond motifs is 1. The lowest BCUT2D eigenvalue weighted by Gasteiger charge is -2.26. The zero-order valence-corrected chi connectivity index (χ0v) is 15.0. The van der Waals surface area contributed by atoms with E-state index < -0.39 is 0 Å². The maximum absolute atomic E-state index is 12.5. The summed E-state index contributed by atoms with van der Waals surface area (Å²) < 4.78 is 5.58. The smallest absolute Gasteiger partial charge is 0.272 e. The number of carbonyl (C=O) groups excluding carboxylic acids is 1. The summed E-state index contributed by atoms with van der Waals surface area (Å²) in [4.78, 5) is 26.8. The predicted molar refractivity (Wildman–Crippen MR) is 101 cm³/mol. The van der Waals surface area contributed by atoms with Crippen LogP contribution >= 0.6 is 0 Å². The first-order valence-corrected chi connectivity index (χ1v) is 9.23. The largest absolute Gasteiger partial charge is 0.468 e. The van der Waals surface area contributed by atoms with Gasteiger partial charge in [-0.25, -0.2) is 5.10 Å². The molecular weight excluding hydrogens is 344 g/mol. The molecule has 1 aromatic carbocycles. The number of aromatic nitrogens is 2. The van der Waals surface area contributed by atoms with Crippen LogP contribution in [0.4, 0.5) is 0 Å². The lowest BCUT2D eigenvalue weighted by molar-refractivity contribution is -0.120. The number of H-pyrrole nitrogens is 1. The zero-order chi connectivity index (χ0) is 18.6. The molecule has 1 amide bonds. The molecule has 0 bridgehead atoms. The number of nitrogens with zero attached hydrogens (tertiary/aromatic N) is 2. The molecule has 0 radical (unpaired) electrons. The van der Waals surface area contributed by atoms with Crippen LogP contribution in [0.2, 0.25) is 0 Å². The first-order chi connectivity index (χ1) is 13.2. The number of rotatable bonds is 6. The molecular formula is C20H22N4O3. The fourth-order valence-electron chi connectivity index (χ4n) is 3.68. The second-order valence-corrected chi connectivity index (χ2v) is 6.80. The van der Waals surface area contributed by atoms with Crippen molar-refractivity contribution in [1.82, 2.24) is 20.4 Å². The van der Waals surface area contributed by atoms with Gasteiger partial charge in [-0.05, 0) is 44.1 Å². The van der Waals surface area contributed by atoms with Gasteiger partial charge in [0.05, 0.1) is 29.8 Å². The Morgan fingerprint density at radius 3 is 2.70 bits per heavy atom. The summed E-state index contributed by atoms with van der Waals surface area (Å²) >= 11 is 0. The quantitative estimate of drug-likeness (QED) is 0.696. The van der Waals surface area contributed by atoms with Crippen molar-refractivity contribution in [3.8, 4) is 0 Å². The predicted octanol–water partition coefficient (Wildman–Crippen LogP) is 2.01. The summed E-state index contributed by atoms with van der Waals surface area (Å²) in [6.07, 6.45) is 4.11. The fraction of sp³-hybridized carbons (Fsp3) is 0.350. The molecule has 0 spiro atoms. The minimum atomic E-state index is -0.248. The van der Waals surface area contributed by atoms with Crippen LogP contribution in [-0.2, 0) is 11.2 Å². The van der Waals surface area contributed by atoms with Crippen LogP contribution in [0.25, 0.3) is 10.8 Å². The van der Waals surface area contributed by atoms with Crippen LogP contribution in [0.1, 0.15) is 30.3 Å². The molecule has 1 saturated heterocycles. The van der Waals surface area contributed by atoms with Crippen LogP contribution in [0.5, 0.6) is 0 Å². The number of benzene rings is 1. The maximum Gasteiger partial charge on any atom is 0.272 e. The highest BCUT2D eigenvalue weighted by molar-refractivity contribution is 5.88. The first-order valence-electron chi connectivity index (χ1n) is 9.23. The lowest BCUT2D eigenvalue weighted by Crippen LogP contribution is -2.37. The van der Waals surface area contributed by atoms with Gasteiger partial charge >= 0.3 is 0 Å². The van der Waals surface area contributed by atoms with Crippen LogP contribution in [0, 0.1) is 0 Å². The number of furan rings is 1. The van der Waals surface area contributed by atoms with Crippen LogP contribution in [0.3, 0.4) is 0 Å². The van der Waals surface area contributed by atoms with Crippen molar-refractivity contribution in [3.63, 3.8) is 0 Å². The van der Waals surface area contributed by atoms with Crippen molar-refractivity contribution in [2.75, 3.05) is 19.6 Å². The minimum absolute atomic E-state index is 0.0340. The van der Waals surface area contributed by atoms with E-state index >= 15 is 0 Å². The molecule has 1 aliphatic rings. The fourth-order valence-corrected chi connectivity index (χ4v) is 3.68. The van der Waals surface area contributed by atoms with Gasteiger partial charge in [-0.3, -0.25) is 14.5 Å². The van der Waals surface area contributed by atoms with Gasteiger partial charge in [-0.2, -0.15) is 5.10 Å². The van der Waals surface area contributed by atoms with Crippen LogP contribution < -0.4 is 10.9 Å². The molecule has 0 unspecified atom stereocenters. The van der Waals surface area contributed by atoms with Crippen molar-refractivity contribution in [2.45, 2.75) is 25.3 Å². The highest BCUT2D eigenvalue weighted by Gasteiger charge is 2.26. The molecule has 1 fully saturated rings. The van der Waals surface area contributed by atoms with E-state index in [-0.39, 0.29) is 23.9 Å². The Kier molecular flexibility index (Phi) is 5.02. The van der Waals surface area contributed by atoms with Gasteiger partial charge in [0.25, 0.3) is 5.56 Å². The zero-order valence-electron chi connectivity index (χ0n) is 15.0. The normalized spacial score (nSPS) is 15.9. The van der Waals surface area contributed by atoms with Crippen molar-refractivity contribution >= 4 is 16.7 Å². The number of aromatic amines is 1. The molecule has 2 aromatic heterocycles. The topological polar surface area (TPSA) is 91.2 Å². The van der Waals surface area contributed by atoms with Gasteiger partial charge in [0, 0.05) is 11.9 Å². The van der Waals surface area contributed by atoms with E-state index in [1.54, 1.807) is 18.4 Å². The third-order valence-corrected chi connectivity index (χ3v) is 5.05. The highest BCUT2D eigenvalue weighted by atomic mass is 16.3. The van der Waals surface area contributed by atoms with E-state index in [1.807, 2.05) is 24.3 Å². The molecule has 0 aliphatic carbocycles. The molecule has 7 heteroatoms. The van der Waals surface area contributed by atoms with E-state index in [4.69, 9.17) is 4.42 Å². The second-order valence-electron chi connectivity index (χ2n) is 6.80. The van der Waals surface area contributed by atoms with Crippen LogP contribution in [-0.4, -0.2) is 40.6 Å². The van der Waals surface area contributed by atoms with Gasteiger partial charge in [0.15, 0.2) is 0 Å². The van der Waals surface area contributed by atoms with E-state index in [0.29, 0.717) is 23.0 Å². The molecule has 4 rings (SSSR count). The Labute approximate surface area is 156 Å². The summed E-state index contributed by atoms with van der Waals surface area (Å²) in [5.74, 6) is 0.736. The molecule has 27 heavy (non-hydrogen) atoms. The van der Waals surface area contributed by atoms with Gasteiger partial charge in [-0.1, -0.05) is 18.2 Å². The number of likely N-dealkylation sites (tertiary alicyclic amines) is 1. The molecule has 1 aliphatic heterocycles. The summed E-state index contributed by atoms with van der Waals surface area (Å²) in [5, 5.41) is 10.8. The number of hydrogen-bond acceptors (Lipinski definition) is 5. The Morgan fingerprint density at radius 2 is 1.96 bits per heavy atom. The summed E-state index contributed by atoms with van der Waals surface area (Å²) in [5.41, 5.74) is 0.320. The highest BCUT2D eigenvalue weighted by Crippen LogP contribution is 2.25. The number of carbonyl (C=O) groups is 1. The summed E-state index contributed by atoms with van der Waals surface area (Å²) in [7, 11) is 0. The summed E-state index contributed by atoms with van der Waals surface area (Å²) in [6, 6.07) is 11.0. The standard InChI is InChI=1S/C20H22N4O3/c25-19(12-16-14-6-1-2-7-15(14)20(26)23-22-16)21-13-17(18-8-5-11-27-18)24-9-3-4-10-24/h1-2,5-8,11,17H,3-4,9-10,12-13H2,(H,21,25)(H,23,26)/t17-/m1/s1. The van der Waals surface area contributed by atoms with Crippen molar-refractivity contribution in [2.24, 2.45) is 0 Å². The Hall–Kier alpha value is -2.93. The lowest BCUT2D eigenvalue weighted by atomic mass is 10.1. The maximum atomic E-state index is 12.5. The number of hydrogen-bond donors (Lipinski definition) is 2. The first kappa shape index (κ1) is 17.5. The van der Waals surface area contributed by atoms with E-state index in [0.717, 1.165) is 18.8 Å². The molecule has 140 valence electrons. The number of nitrogens with one attached hydrogen (secondary N) is 2. The molecule has 1 atom stereocenters. The third kappa shape index (κ3) is 3.78. The molecule has 2 N–H and O–H groups in total. The summed E-state index contributed by atoms with van der Waals surface area (Å²) in [6.45, 7) is 2.49. The van der Waals surface area contributed by atoms with E-state index in [1.165, 1.54) is 12.8 Å². The van der Waals surface area contributed by atoms with Gasteiger partial charge in [0.2, 0.25) is 5.91 Å². The Balaban J connectivity index is 1.46. The van der Waals surface area contributed by atoms with E-state index in [9.17, 15) is 9.59 Å². The molecule has 0 saturated carbocycles. The van der Waals surface area contributed by atoms with Gasteiger partial charge < -0.3 is 9.73 Å². The van der Waals surface area contributed by atoms with Crippen molar-refractivity contribution < 1.29 is 9.21 Å². The van der Waals surface area contributed by atoms with Crippen molar-refractivity contribution in [3.05, 3.63) is 64.5 Å². The molecule has 7 nitrogen and oxygen atoms in total. The van der Waals surface area contributed by atoms with Gasteiger partial charge in [-0.15, -0.1) is 0 Å². The van der Waals surface area contributed by atoms with E-state index in [2.05, 4.69) is 20.4 Å². The Morgan fingerprint density at radius 1 is 1.19 bits per heavy atom. The minimum Gasteiger partial charge on any atom is -0.468 e. The second kappa shape index (κ2) is 7.75. The number of amides is 1. The third-order valence-electron chi connectivity index (χ3n) is 5.05. The molecule has 3 heterocycles. The van der Waals surface area contributed by atoms with Crippen LogP contribution in [0.15, 0.2) is 51.9 Å². The Bertz CT molecular complexity index is 974. The van der Waals surface area contributed by atoms with Crippen molar-refractivity contribution in [1.29, 1.82) is 0 Å². The van der Waals surface area contributed by atoms with Gasteiger partial charge in [0.1, 0.15) is 5.76 Å². The molecule has 3 aromatic rings. The SMILES string of the molecule is O=C(Cc1n[nH]c(=O)c2ccccc12)NC[C@H](c1ccco1)N1CCCC1. The average molecular weight is 366 g/mol. The average Bonchev–Trinajstić information content (AvgIpc) is 3.39. The monoisotopic (exact) mass is 366 g/mol.